The minimum atomic E-state index is -1.12. The molecule has 0 spiro atoms. The van der Waals surface area contributed by atoms with Crippen LogP contribution in [0.5, 0.6) is 0 Å². The molecule has 0 bridgehead atoms. The highest BCUT2D eigenvalue weighted by molar-refractivity contribution is 6.23. The Morgan fingerprint density at radius 1 is 1.04 bits per heavy atom. The molecule has 4 heteroatoms. The minimum absolute atomic E-state index is 0.0947. The van der Waals surface area contributed by atoms with E-state index >= 15 is 0 Å². The van der Waals surface area contributed by atoms with E-state index in [1.165, 1.54) is 5.57 Å². The molecular weight excluding hydrogens is 312 g/mol. The van der Waals surface area contributed by atoms with E-state index in [4.69, 9.17) is 11.6 Å². The zero-order valence-corrected chi connectivity index (χ0v) is 14.9. The fraction of sp³-hybridized carbons (Fsp3) is 0.895. The Kier molecular flexibility index (Phi) is 3.54. The monoisotopic (exact) mass is 340 g/mol. The van der Waals surface area contributed by atoms with Crippen LogP contribution in [0.4, 0.5) is 0 Å². The molecular formula is C19H29ClO3. The van der Waals surface area contributed by atoms with Crippen LogP contribution in [0.25, 0.3) is 0 Å². The van der Waals surface area contributed by atoms with E-state index in [1.807, 2.05) is 6.08 Å². The van der Waals surface area contributed by atoms with Crippen LogP contribution in [0.3, 0.4) is 0 Å². The van der Waals surface area contributed by atoms with E-state index in [-0.39, 0.29) is 29.0 Å². The van der Waals surface area contributed by atoms with Gasteiger partial charge in [0.1, 0.15) is 5.06 Å². The number of fused-ring (bicyclic) bond motifs is 5. The van der Waals surface area contributed by atoms with Gasteiger partial charge in [-0.3, -0.25) is 0 Å². The molecule has 0 aromatic rings. The zero-order valence-electron chi connectivity index (χ0n) is 14.1. The van der Waals surface area contributed by atoms with E-state index in [2.05, 4.69) is 13.8 Å². The Bertz CT molecular complexity index is 545. The van der Waals surface area contributed by atoms with Crippen molar-refractivity contribution in [3.8, 4) is 0 Å². The first-order chi connectivity index (χ1) is 10.7. The predicted octanol–water partition coefficient (Wildman–Crippen LogP) is 3.21. The summed E-state index contributed by atoms with van der Waals surface area (Å²) in [5, 5.41) is 30.5. The van der Waals surface area contributed by atoms with Crippen LogP contribution >= 0.6 is 11.6 Å². The van der Waals surface area contributed by atoms with E-state index in [0.717, 1.165) is 32.1 Å². The van der Waals surface area contributed by atoms with Crippen LogP contribution in [0.15, 0.2) is 11.6 Å². The molecule has 0 amide bonds. The van der Waals surface area contributed by atoms with Crippen molar-refractivity contribution in [2.45, 2.75) is 76.1 Å². The summed E-state index contributed by atoms with van der Waals surface area (Å²) in [6.45, 7) is 4.46. The molecule has 3 saturated carbocycles. The molecule has 0 saturated heterocycles. The predicted molar refractivity (Wildman–Crippen MR) is 89.9 cm³/mol. The maximum atomic E-state index is 10.9. The Hall–Kier alpha value is -0.0900. The zero-order chi connectivity index (χ0) is 16.6. The molecule has 3 nitrogen and oxygen atoms in total. The van der Waals surface area contributed by atoms with Gasteiger partial charge < -0.3 is 15.3 Å². The summed E-state index contributed by atoms with van der Waals surface area (Å²) in [5.41, 5.74) is 1.06. The lowest BCUT2D eigenvalue weighted by molar-refractivity contribution is -0.130. The molecule has 0 aliphatic heterocycles. The molecule has 4 aliphatic rings. The highest BCUT2D eigenvalue weighted by atomic mass is 35.5. The van der Waals surface area contributed by atoms with Crippen molar-refractivity contribution in [2.24, 2.45) is 28.6 Å². The fourth-order valence-corrected chi connectivity index (χ4v) is 6.98. The van der Waals surface area contributed by atoms with E-state index in [9.17, 15) is 15.3 Å². The van der Waals surface area contributed by atoms with Gasteiger partial charge in [-0.15, -0.1) is 0 Å². The number of aliphatic hydroxyl groups excluding tert-OH is 2. The average molecular weight is 341 g/mol. The summed E-state index contributed by atoms with van der Waals surface area (Å²) in [4.78, 5) is 0. The summed E-state index contributed by atoms with van der Waals surface area (Å²) in [7, 11) is 0. The fourth-order valence-electron chi connectivity index (χ4n) is 6.64. The van der Waals surface area contributed by atoms with E-state index in [0.29, 0.717) is 24.7 Å². The van der Waals surface area contributed by atoms with Gasteiger partial charge in [-0.1, -0.05) is 37.1 Å². The van der Waals surface area contributed by atoms with Crippen LogP contribution in [0, 0.1) is 28.6 Å². The van der Waals surface area contributed by atoms with Crippen molar-refractivity contribution in [3.63, 3.8) is 0 Å². The molecule has 23 heavy (non-hydrogen) atoms. The highest BCUT2D eigenvalue weighted by Crippen LogP contribution is 2.68. The lowest BCUT2D eigenvalue weighted by Gasteiger charge is -2.60. The maximum absolute atomic E-state index is 10.9. The standard InChI is InChI=1S/C19H29ClO3/c1-17-6-3-12(21)9-11(17)10-15(22)16-13(17)4-7-18(2)14(16)5-8-19(18,20)23/h9,12-16,21-23H,3-8,10H2,1-2H3/t12?,13-,14+,15?,16-,17+,18+,19?/m1/s1. The SMILES string of the molecule is C[C@]12CCC(O)C=C1CC(O)[C@@H]1[C@H]2CC[C@@]2(C)[C@H]1CCC2(O)Cl. The molecule has 3 unspecified atom stereocenters. The van der Waals surface area contributed by atoms with Gasteiger partial charge in [0.05, 0.1) is 12.2 Å². The van der Waals surface area contributed by atoms with Crippen LogP contribution in [0.2, 0.25) is 0 Å². The first kappa shape index (κ1) is 16.4. The Morgan fingerprint density at radius 3 is 2.48 bits per heavy atom. The van der Waals surface area contributed by atoms with Crippen LogP contribution in [-0.4, -0.2) is 32.6 Å². The van der Waals surface area contributed by atoms with Gasteiger partial charge in [0.2, 0.25) is 0 Å². The van der Waals surface area contributed by atoms with Crippen LogP contribution in [0.1, 0.15) is 58.8 Å². The molecule has 3 N–H and O–H groups in total. The highest BCUT2D eigenvalue weighted by Gasteiger charge is 2.65. The molecule has 0 aromatic carbocycles. The third-order valence-electron chi connectivity index (χ3n) is 8.16. The van der Waals surface area contributed by atoms with Gasteiger partial charge in [-0.05, 0) is 68.1 Å². The normalized spacial score (nSPS) is 58.9. The Balaban J connectivity index is 1.73. The molecule has 0 aromatic heterocycles. The Morgan fingerprint density at radius 2 is 1.74 bits per heavy atom. The number of hydrogen-bond acceptors (Lipinski definition) is 3. The van der Waals surface area contributed by atoms with Crippen molar-refractivity contribution in [2.75, 3.05) is 0 Å². The smallest absolute Gasteiger partial charge is 0.144 e. The molecule has 4 rings (SSSR count). The van der Waals surface area contributed by atoms with Crippen LogP contribution < -0.4 is 0 Å². The van der Waals surface area contributed by atoms with E-state index < -0.39 is 5.06 Å². The van der Waals surface area contributed by atoms with E-state index in [1.54, 1.807) is 0 Å². The molecule has 130 valence electrons. The number of rotatable bonds is 0. The van der Waals surface area contributed by atoms with Gasteiger partial charge in [-0.25, -0.2) is 0 Å². The van der Waals surface area contributed by atoms with Crippen molar-refractivity contribution in [3.05, 3.63) is 11.6 Å². The second-order valence-electron chi connectivity index (χ2n) is 9.03. The van der Waals surface area contributed by atoms with Crippen LogP contribution in [-0.2, 0) is 0 Å². The van der Waals surface area contributed by atoms with Crippen molar-refractivity contribution in [1.29, 1.82) is 0 Å². The average Bonchev–Trinajstić information content (AvgIpc) is 2.72. The lowest BCUT2D eigenvalue weighted by Crippen LogP contribution is -2.57. The largest absolute Gasteiger partial charge is 0.392 e. The third kappa shape index (κ3) is 2.06. The minimum Gasteiger partial charge on any atom is -0.392 e. The van der Waals surface area contributed by atoms with Crippen molar-refractivity contribution >= 4 is 11.6 Å². The second kappa shape index (κ2) is 4.97. The summed E-state index contributed by atoms with van der Waals surface area (Å²) in [5.74, 6) is 0.955. The molecule has 4 aliphatic carbocycles. The number of aliphatic hydroxyl groups is 3. The van der Waals surface area contributed by atoms with Gasteiger partial charge in [0, 0.05) is 5.41 Å². The number of alkyl halides is 1. The maximum Gasteiger partial charge on any atom is 0.144 e. The summed E-state index contributed by atoms with van der Waals surface area (Å²) in [6, 6.07) is 0. The molecule has 8 atom stereocenters. The molecule has 0 radical (unpaired) electrons. The van der Waals surface area contributed by atoms with Gasteiger partial charge in [0.15, 0.2) is 0 Å². The number of hydrogen-bond donors (Lipinski definition) is 3. The second-order valence-corrected chi connectivity index (χ2v) is 9.66. The lowest BCUT2D eigenvalue weighted by atomic mass is 9.46. The van der Waals surface area contributed by atoms with Gasteiger partial charge in [0.25, 0.3) is 0 Å². The summed E-state index contributed by atoms with van der Waals surface area (Å²) in [6.07, 6.45) is 7.24. The van der Waals surface area contributed by atoms with Crippen molar-refractivity contribution in [1.82, 2.24) is 0 Å². The Labute approximate surface area is 143 Å². The summed E-state index contributed by atoms with van der Waals surface area (Å²) < 4.78 is 0. The van der Waals surface area contributed by atoms with Gasteiger partial charge in [-0.2, -0.15) is 0 Å². The topological polar surface area (TPSA) is 60.7 Å². The molecule has 0 heterocycles. The first-order valence-corrected chi connectivity index (χ1v) is 9.55. The van der Waals surface area contributed by atoms with Crippen molar-refractivity contribution < 1.29 is 15.3 Å². The van der Waals surface area contributed by atoms with Gasteiger partial charge >= 0.3 is 0 Å². The summed E-state index contributed by atoms with van der Waals surface area (Å²) >= 11 is 6.48. The quantitative estimate of drug-likeness (QED) is 0.469. The third-order valence-corrected chi connectivity index (χ3v) is 8.78. The first-order valence-electron chi connectivity index (χ1n) is 9.18. The number of halogens is 1. The molecule has 3 fully saturated rings.